The Balaban J connectivity index is 1.29. The number of nitrogens with one attached hydrogen (secondary N) is 1. The van der Waals surface area contributed by atoms with Gasteiger partial charge in [-0.1, -0.05) is 17.7 Å². The number of nitriles is 1. The van der Waals surface area contributed by atoms with E-state index in [1.807, 2.05) is 6.07 Å². The van der Waals surface area contributed by atoms with Crippen molar-refractivity contribution >= 4 is 54.7 Å². The summed E-state index contributed by atoms with van der Waals surface area (Å²) >= 11 is 7.76. The van der Waals surface area contributed by atoms with Crippen molar-refractivity contribution < 1.29 is 17.9 Å². The van der Waals surface area contributed by atoms with Gasteiger partial charge in [0.15, 0.2) is 5.82 Å². The van der Waals surface area contributed by atoms with Gasteiger partial charge >= 0.3 is 6.01 Å². The Kier molecular flexibility index (Phi) is 6.61. The van der Waals surface area contributed by atoms with Crippen LogP contribution in [0.15, 0.2) is 18.2 Å². The first-order valence-corrected chi connectivity index (χ1v) is 16.1. The first kappa shape index (κ1) is 28.1. The van der Waals surface area contributed by atoms with Crippen LogP contribution >= 0.6 is 22.9 Å². The summed E-state index contributed by atoms with van der Waals surface area (Å²) in [5.41, 5.74) is 5.94. The standard InChI is InChI=1S/C31H29ClF3N7OS/c32-21-8-19-26(25(35)24(21)18-4-5-22(34)27-23(18)20(10-36)28(37)44-27)39-30(40-29(19)41-12-16-2-3-17(13-41)38-16)43-14-31-6-1-7-42(31)11-15(33)9-31/h4-5,8,15-17,38H,1-3,6-7,9,11-14,37H2/t15-,16?,17?,31+/m1/s1. The summed E-state index contributed by atoms with van der Waals surface area (Å²) in [6, 6.07) is 6.89. The fourth-order valence-electron chi connectivity index (χ4n) is 7.84. The molecule has 44 heavy (non-hydrogen) atoms. The van der Waals surface area contributed by atoms with E-state index >= 15 is 4.39 Å². The molecule has 2 bridgehead atoms. The average Bonchev–Trinajstić information content (AvgIpc) is 3.73. The summed E-state index contributed by atoms with van der Waals surface area (Å²) in [5.74, 6) is -0.769. The molecule has 2 aromatic carbocycles. The van der Waals surface area contributed by atoms with E-state index in [1.54, 1.807) is 6.07 Å². The Morgan fingerprint density at radius 2 is 2.00 bits per heavy atom. The maximum atomic E-state index is 16.9. The molecule has 6 heterocycles. The summed E-state index contributed by atoms with van der Waals surface area (Å²) in [6.07, 6.45) is 3.33. The van der Waals surface area contributed by atoms with Crippen molar-refractivity contribution in [2.75, 3.05) is 43.4 Å². The van der Waals surface area contributed by atoms with Gasteiger partial charge in [-0.2, -0.15) is 15.2 Å². The third-order valence-electron chi connectivity index (χ3n) is 9.79. The van der Waals surface area contributed by atoms with E-state index in [2.05, 4.69) is 20.1 Å². The fourth-order valence-corrected chi connectivity index (χ4v) is 9.08. The predicted octanol–water partition coefficient (Wildman–Crippen LogP) is 5.79. The van der Waals surface area contributed by atoms with Crippen molar-refractivity contribution in [1.82, 2.24) is 20.2 Å². The molecule has 0 spiro atoms. The molecule has 2 aromatic heterocycles. The Labute approximate surface area is 260 Å². The SMILES string of the molecule is N#Cc1c(N)sc2c(F)ccc(-c3c(Cl)cc4c(N5CC6CCC(C5)N6)nc(OC[C@@]56CCCN5C[C@H](F)C6)nc4c3F)c12. The number of piperazine rings is 1. The fraction of sp³-hybridized carbons (Fsp3) is 0.452. The highest BCUT2D eigenvalue weighted by molar-refractivity contribution is 7.23. The molecule has 4 saturated heterocycles. The van der Waals surface area contributed by atoms with Gasteiger partial charge in [0.1, 0.15) is 41.0 Å². The van der Waals surface area contributed by atoms with Crippen molar-refractivity contribution in [2.24, 2.45) is 0 Å². The molecule has 4 fully saturated rings. The van der Waals surface area contributed by atoms with Gasteiger partial charge in [-0.05, 0) is 49.9 Å². The lowest BCUT2D eigenvalue weighted by Gasteiger charge is -2.34. The second kappa shape index (κ2) is 10.3. The van der Waals surface area contributed by atoms with Gasteiger partial charge < -0.3 is 20.7 Å². The third-order valence-corrected chi connectivity index (χ3v) is 11.1. The van der Waals surface area contributed by atoms with Crippen molar-refractivity contribution in [3.8, 4) is 23.2 Å². The monoisotopic (exact) mass is 639 g/mol. The van der Waals surface area contributed by atoms with Crippen LogP contribution in [0.2, 0.25) is 5.02 Å². The summed E-state index contributed by atoms with van der Waals surface area (Å²) in [6.45, 7) is 2.77. The second-order valence-corrected chi connectivity index (χ2v) is 13.9. The Hall–Kier alpha value is -3.37. The molecule has 0 amide bonds. The third kappa shape index (κ3) is 4.31. The largest absolute Gasteiger partial charge is 0.461 e. The minimum atomic E-state index is -0.914. The lowest BCUT2D eigenvalue weighted by atomic mass is 9.95. The maximum Gasteiger partial charge on any atom is 0.319 e. The normalized spacial score (nSPS) is 26.5. The van der Waals surface area contributed by atoms with E-state index in [1.165, 1.54) is 12.1 Å². The number of hydrogen-bond donors (Lipinski definition) is 2. The van der Waals surface area contributed by atoms with E-state index in [0.717, 1.165) is 43.6 Å². The van der Waals surface area contributed by atoms with Gasteiger partial charge in [-0.3, -0.25) is 4.90 Å². The first-order valence-electron chi connectivity index (χ1n) is 14.9. The number of halogens is 4. The van der Waals surface area contributed by atoms with E-state index in [9.17, 15) is 14.0 Å². The predicted molar refractivity (Wildman–Crippen MR) is 165 cm³/mol. The van der Waals surface area contributed by atoms with Crippen LogP contribution in [0.1, 0.15) is 37.7 Å². The first-order chi connectivity index (χ1) is 21.2. The van der Waals surface area contributed by atoms with Gasteiger partial charge in [0.25, 0.3) is 0 Å². The lowest BCUT2D eigenvalue weighted by Crippen LogP contribution is -2.51. The molecule has 0 saturated carbocycles. The zero-order valence-corrected chi connectivity index (χ0v) is 25.2. The van der Waals surface area contributed by atoms with Crippen LogP contribution in [0.4, 0.5) is 24.0 Å². The molecular formula is C31H29ClF3N7OS. The van der Waals surface area contributed by atoms with Crippen LogP contribution in [0.5, 0.6) is 6.01 Å². The molecule has 0 radical (unpaired) electrons. The smallest absolute Gasteiger partial charge is 0.319 e. The number of rotatable bonds is 5. The molecule has 4 aromatic rings. The van der Waals surface area contributed by atoms with Gasteiger partial charge in [-0.25, -0.2) is 13.2 Å². The van der Waals surface area contributed by atoms with Crippen molar-refractivity contribution in [2.45, 2.75) is 55.9 Å². The summed E-state index contributed by atoms with van der Waals surface area (Å²) in [4.78, 5) is 13.6. The van der Waals surface area contributed by atoms with Gasteiger partial charge in [0.05, 0.1) is 20.8 Å². The zero-order valence-electron chi connectivity index (χ0n) is 23.7. The number of nitrogens with two attached hydrogens (primary N) is 1. The molecule has 228 valence electrons. The average molecular weight is 640 g/mol. The van der Waals surface area contributed by atoms with Crippen molar-refractivity contribution in [3.63, 3.8) is 0 Å². The molecule has 2 unspecified atom stereocenters. The van der Waals surface area contributed by atoms with E-state index in [4.69, 9.17) is 27.1 Å². The summed E-state index contributed by atoms with van der Waals surface area (Å²) in [7, 11) is 0. The molecule has 13 heteroatoms. The highest BCUT2D eigenvalue weighted by Gasteiger charge is 2.49. The minimum absolute atomic E-state index is 0.00466. The van der Waals surface area contributed by atoms with E-state index < -0.39 is 23.3 Å². The molecular weight excluding hydrogens is 611 g/mol. The quantitative estimate of drug-likeness (QED) is 0.283. The number of ether oxygens (including phenoxy) is 1. The molecule has 4 atom stereocenters. The van der Waals surface area contributed by atoms with E-state index in [-0.39, 0.29) is 67.0 Å². The van der Waals surface area contributed by atoms with Crippen LogP contribution in [-0.2, 0) is 0 Å². The molecule has 8 nitrogen and oxygen atoms in total. The maximum absolute atomic E-state index is 16.9. The van der Waals surface area contributed by atoms with Crippen LogP contribution in [-0.4, -0.2) is 71.4 Å². The van der Waals surface area contributed by atoms with Crippen LogP contribution in [0, 0.1) is 23.0 Å². The molecule has 4 aliphatic rings. The number of nitrogens with zero attached hydrogens (tertiary/aromatic N) is 5. The summed E-state index contributed by atoms with van der Waals surface area (Å²) < 4.78 is 52.5. The molecule has 3 N–H and O–H groups in total. The number of alkyl halides is 1. The minimum Gasteiger partial charge on any atom is -0.461 e. The number of aromatic nitrogens is 2. The Bertz CT molecular complexity index is 1870. The van der Waals surface area contributed by atoms with Crippen LogP contribution in [0.25, 0.3) is 32.1 Å². The number of hydrogen-bond acceptors (Lipinski definition) is 9. The molecule has 8 rings (SSSR count). The van der Waals surface area contributed by atoms with Crippen LogP contribution < -0.4 is 20.7 Å². The number of anilines is 2. The van der Waals surface area contributed by atoms with Crippen molar-refractivity contribution in [1.29, 1.82) is 5.26 Å². The second-order valence-electron chi connectivity index (χ2n) is 12.4. The van der Waals surface area contributed by atoms with Gasteiger partial charge in [0, 0.05) is 54.5 Å². The zero-order chi connectivity index (χ0) is 30.3. The van der Waals surface area contributed by atoms with Crippen LogP contribution in [0.3, 0.4) is 0 Å². The summed E-state index contributed by atoms with van der Waals surface area (Å²) in [5, 5.41) is 14.3. The highest BCUT2D eigenvalue weighted by atomic mass is 35.5. The highest BCUT2D eigenvalue weighted by Crippen LogP contribution is 2.46. The Morgan fingerprint density at radius 3 is 2.77 bits per heavy atom. The Morgan fingerprint density at radius 1 is 1.20 bits per heavy atom. The van der Waals surface area contributed by atoms with Crippen molar-refractivity contribution in [3.05, 3.63) is 40.4 Å². The topological polar surface area (TPSA) is 103 Å². The number of fused-ring (bicyclic) bond motifs is 5. The lowest BCUT2D eigenvalue weighted by molar-refractivity contribution is 0.107. The molecule has 4 aliphatic heterocycles. The van der Waals surface area contributed by atoms with Gasteiger partial charge in [0.2, 0.25) is 0 Å². The number of thiophene rings is 1. The number of nitrogen functional groups attached to an aromatic ring is 1. The number of benzene rings is 2. The van der Waals surface area contributed by atoms with Gasteiger partial charge in [-0.15, -0.1) is 11.3 Å². The molecule has 0 aliphatic carbocycles. The van der Waals surface area contributed by atoms with E-state index in [0.29, 0.717) is 37.3 Å².